The first-order valence-corrected chi connectivity index (χ1v) is 4.13. The van der Waals surface area contributed by atoms with Crippen molar-refractivity contribution >= 4 is 0 Å². The third-order valence-corrected chi connectivity index (χ3v) is 1.71. The molecule has 14 heavy (non-hydrogen) atoms. The van der Waals surface area contributed by atoms with E-state index in [0.717, 1.165) is 0 Å². The van der Waals surface area contributed by atoms with Crippen LogP contribution in [0.5, 0.6) is 0 Å². The second-order valence-corrected chi connectivity index (χ2v) is 2.72. The molecule has 0 aliphatic carbocycles. The fraction of sp³-hybridized carbons (Fsp3) is 0.111. The van der Waals surface area contributed by atoms with Crippen LogP contribution in [0.4, 0.5) is 0 Å². The van der Waals surface area contributed by atoms with Crippen molar-refractivity contribution in [3.63, 3.8) is 0 Å². The van der Waals surface area contributed by atoms with Crippen molar-refractivity contribution in [1.29, 1.82) is 0 Å². The quantitative estimate of drug-likeness (QED) is 0.669. The molecule has 70 valence electrons. The molecule has 0 unspecified atom stereocenters. The molecule has 0 N–H and O–H groups in total. The van der Waals surface area contributed by atoms with Crippen molar-refractivity contribution in [3.05, 3.63) is 53.0 Å². The zero-order valence-corrected chi connectivity index (χ0v) is 7.37. The Labute approximate surface area is 80.1 Å². The predicted octanol–water partition coefficient (Wildman–Crippen LogP) is 0.0816. The van der Waals surface area contributed by atoms with E-state index < -0.39 is 0 Å². The molecule has 2 aromatic rings. The van der Waals surface area contributed by atoms with E-state index >= 15 is 0 Å². The molecule has 2 heterocycles. The van der Waals surface area contributed by atoms with Gasteiger partial charge in [-0.1, -0.05) is 0 Å². The molecule has 0 atom stereocenters. The molecule has 0 saturated heterocycles. The summed E-state index contributed by atoms with van der Waals surface area (Å²) in [5.41, 5.74) is 0.575. The van der Waals surface area contributed by atoms with Gasteiger partial charge in [0, 0.05) is 24.7 Å². The van der Waals surface area contributed by atoms with E-state index in [2.05, 4.69) is 15.1 Å². The minimum Gasteiger partial charge on any atom is -0.268 e. The van der Waals surface area contributed by atoms with E-state index in [1.54, 1.807) is 30.9 Å². The Kier molecular flexibility index (Phi) is 2.31. The summed E-state index contributed by atoms with van der Waals surface area (Å²) in [4.78, 5) is 19.2. The van der Waals surface area contributed by atoms with E-state index in [4.69, 9.17) is 0 Å². The van der Waals surface area contributed by atoms with Crippen LogP contribution in [-0.2, 0) is 6.54 Å². The van der Waals surface area contributed by atoms with Gasteiger partial charge >= 0.3 is 0 Å². The van der Waals surface area contributed by atoms with Gasteiger partial charge in [-0.2, -0.15) is 5.10 Å². The lowest BCUT2D eigenvalue weighted by atomic mass is 10.4. The zero-order chi connectivity index (χ0) is 9.80. The standard InChI is InChI=1S/C9H8N4O/c14-9-2-1-3-12-13(9)7-8-6-10-4-5-11-8/h1-6H,7H2. The summed E-state index contributed by atoms with van der Waals surface area (Å²) in [6, 6.07) is 3.07. The Bertz CT molecular complexity index is 465. The first-order valence-electron chi connectivity index (χ1n) is 4.13. The van der Waals surface area contributed by atoms with E-state index in [0.29, 0.717) is 12.2 Å². The van der Waals surface area contributed by atoms with Gasteiger partial charge in [-0.3, -0.25) is 14.8 Å². The molecule has 0 amide bonds. The molecule has 5 heteroatoms. The average molecular weight is 188 g/mol. The molecule has 0 aliphatic rings. The molecule has 2 aromatic heterocycles. The molecule has 0 saturated carbocycles. The summed E-state index contributed by atoms with van der Waals surface area (Å²) in [5, 5.41) is 3.91. The van der Waals surface area contributed by atoms with Crippen LogP contribution < -0.4 is 5.56 Å². The molecular formula is C9H8N4O. The Morgan fingerprint density at radius 2 is 2.21 bits per heavy atom. The lowest BCUT2D eigenvalue weighted by Crippen LogP contribution is -2.22. The van der Waals surface area contributed by atoms with Crippen LogP contribution in [-0.4, -0.2) is 19.7 Å². The van der Waals surface area contributed by atoms with Gasteiger partial charge in [-0.15, -0.1) is 0 Å². The Morgan fingerprint density at radius 3 is 2.93 bits per heavy atom. The van der Waals surface area contributed by atoms with Crippen LogP contribution in [0.25, 0.3) is 0 Å². The van der Waals surface area contributed by atoms with Gasteiger partial charge in [0.2, 0.25) is 0 Å². The highest BCUT2D eigenvalue weighted by Crippen LogP contribution is 1.91. The van der Waals surface area contributed by atoms with Crippen LogP contribution in [0.1, 0.15) is 5.69 Å². The highest BCUT2D eigenvalue weighted by molar-refractivity contribution is 4.96. The highest BCUT2D eigenvalue weighted by Gasteiger charge is 1.97. The summed E-state index contributed by atoms with van der Waals surface area (Å²) in [5.74, 6) is 0. The average Bonchev–Trinajstić information content (AvgIpc) is 2.23. The number of aromatic nitrogens is 4. The Balaban J connectivity index is 2.28. The summed E-state index contributed by atoms with van der Waals surface area (Å²) in [7, 11) is 0. The molecule has 0 aromatic carbocycles. The van der Waals surface area contributed by atoms with Crippen molar-refractivity contribution < 1.29 is 0 Å². The highest BCUT2D eigenvalue weighted by atomic mass is 16.1. The first kappa shape index (κ1) is 8.55. The van der Waals surface area contributed by atoms with E-state index in [1.807, 2.05) is 0 Å². The van der Waals surface area contributed by atoms with Gasteiger partial charge < -0.3 is 0 Å². The normalized spacial score (nSPS) is 10.0. The van der Waals surface area contributed by atoms with Gasteiger partial charge in [0.05, 0.1) is 18.4 Å². The van der Waals surface area contributed by atoms with Gasteiger partial charge in [0.25, 0.3) is 5.56 Å². The molecule has 0 bridgehead atoms. The zero-order valence-electron chi connectivity index (χ0n) is 7.37. The van der Waals surface area contributed by atoms with Crippen LogP contribution in [0, 0.1) is 0 Å². The summed E-state index contributed by atoms with van der Waals surface area (Å²) < 4.78 is 1.34. The van der Waals surface area contributed by atoms with E-state index in [1.165, 1.54) is 10.7 Å². The van der Waals surface area contributed by atoms with Crippen LogP contribution >= 0.6 is 0 Å². The van der Waals surface area contributed by atoms with Crippen LogP contribution in [0.15, 0.2) is 41.7 Å². The van der Waals surface area contributed by atoms with Gasteiger partial charge in [0.1, 0.15) is 0 Å². The molecule has 2 rings (SSSR count). The number of nitrogens with zero attached hydrogens (tertiary/aromatic N) is 4. The van der Waals surface area contributed by atoms with Crippen molar-refractivity contribution in [3.8, 4) is 0 Å². The first-order chi connectivity index (χ1) is 6.86. The number of hydrogen-bond donors (Lipinski definition) is 0. The summed E-state index contributed by atoms with van der Waals surface area (Å²) in [6.45, 7) is 0.355. The lowest BCUT2D eigenvalue weighted by Gasteiger charge is -2.01. The SMILES string of the molecule is O=c1cccnn1Cc1cnccn1. The maximum Gasteiger partial charge on any atom is 0.267 e. The van der Waals surface area contributed by atoms with Crippen molar-refractivity contribution in [1.82, 2.24) is 19.7 Å². The second kappa shape index (κ2) is 3.78. The predicted molar refractivity (Wildman–Crippen MR) is 49.6 cm³/mol. The fourth-order valence-electron chi connectivity index (χ4n) is 1.07. The summed E-state index contributed by atoms with van der Waals surface area (Å²) >= 11 is 0. The molecule has 0 spiro atoms. The van der Waals surface area contributed by atoms with E-state index in [-0.39, 0.29) is 5.56 Å². The maximum atomic E-state index is 11.3. The third kappa shape index (κ3) is 1.82. The molecule has 0 radical (unpaired) electrons. The second-order valence-electron chi connectivity index (χ2n) is 2.72. The van der Waals surface area contributed by atoms with Crippen molar-refractivity contribution in [2.45, 2.75) is 6.54 Å². The maximum absolute atomic E-state index is 11.3. The largest absolute Gasteiger partial charge is 0.268 e. The molecule has 5 nitrogen and oxygen atoms in total. The van der Waals surface area contributed by atoms with E-state index in [9.17, 15) is 4.79 Å². The monoisotopic (exact) mass is 188 g/mol. The molecular weight excluding hydrogens is 180 g/mol. The molecule has 0 aliphatic heterocycles. The summed E-state index contributed by atoms with van der Waals surface area (Å²) in [6.07, 6.45) is 6.35. The fourth-order valence-corrected chi connectivity index (χ4v) is 1.07. The smallest absolute Gasteiger partial charge is 0.267 e. The van der Waals surface area contributed by atoms with Crippen LogP contribution in [0.2, 0.25) is 0 Å². The Hall–Kier alpha value is -2.04. The van der Waals surface area contributed by atoms with Crippen LogP contribution in [0.3, 0.4) is 0 Å². The Morgan fingerprint density at radius 1 is 1.29 bits per heavy atom. The number of rotatable bonds is 2. The third-order valence-electron chi connectivity index (χ3n) is 1.71. The van der Waals surface area contributed by atoms with Crippen molar-refractivity contribution in [2.75, 3.05) is 0 Å². The van der Waals surface area contributed by atoms with Gasteiger partial charge in [0.15, 0.2) is 0 Å². The minimum atomic E-state index is -0.141. The van der Waals surface area contributed by atoms with Gasteiger partial charge in [-0.05, 0) is 6.07 Å². The lowest BCUT2D eigenvalue weighted by molar-refractivity contribution is 0.625. The molecule has 0 fully saturated rings. The van der Waals surface area contributed by atoms with Gasteiger partial charge in [-0.25, -0.2) is 4.68 Å². The topological polar surface area (TPSA) is 60.7 Å². The number of hydrogen-bond acceptors (Lipinski definition) is 4. The van der Waals surface area contributed by atoms with Crippen molar-refractivity contribution in [2.24, 2.45) is 0 Å². The minimum absolute atomic E-state index is 0.141.